The van der Waals surface area contributed by atoms with Gasteiger partial charge in [0, 0.05) is 47.5 Å². The van der Waals surface area contributed by atoms with Crippen molar-refractivity contribution in [3.63, 3.8) is 0 Å². The molecule has 3 saturated carbocycles. The quantitative estimate of drug-likeness (QED) is 0.719. The Hall–Kier alpha value is -3.22. The molecule has 3 N–H and O–H groups in total. The smallest absolute Gasteiger partial charge is 0.251 e. The van der Waals surface area contributed by atoms with Crippen LogP contribution in [0.25, 0.3) is 0 Å². The molecular formula is C22H21N3O4. The van der Waals surface area contributed by atoms with E-state index >= 15 is 0 Å². The lowest BCUT2D eigenvalue weighted by molar-refractivity contribution is -0.142. The van der Waals surface area contributed by atoms with Crippen LogP contribution < -0.4 is 16.2 Å². The molecule has 0 radical (unpaired) electrons. The number of nitrogens with one attached hydrogen (secondary N) is 3. The number of aromatic nitrogens is 1. The second-order valence-corrected chi connectivity index (χ2v) is 8.64. The standard InChI is InChI=1S/C22H21N3O4/c26-17-5-4-14-15(17)2-1-3-16(14)20(29)24-12-21-9-22(10-21,11-21)25-19(28)13-6-7-23-18(27)8-13/h1-3,6-8H,4-5,9-12H2,(H,23,27)(H,24,29)(H,25,28). The van der Waals surface area contributed by atoms with E-state index in [-0.39, 0.29) is 34.1 Å². The van der Waals surface area contributed by atoms with Crippen LogP contribution in [0.15, 0.2) is 41.3 Å². The first-order valence-corrected chi connectivity index (χ1v) is 9.83. The zero-order chi connectivity index (χ0) is 20.2. The van der Waals surface area contributed by atoms with E-state index in [0.717, 1.165) is 24.8 Å². The van der Waals surface area contributed by atoms with Gasteiger partial charge >= 0.3 is 0 Å². The van der Waals surface area contributed by atoms with Crippen LogP contribution in [0, 0.1) is 5.41 Å². The van der Waals surface area contributed by atoms with Crippen LogP contribution in [0.3, 0.4) is 0 Å². The van der Waals surface area contributed by atoms with Gasteiger partial charge in [0.25, 0.3) is 11.8 Å². The summed E-state index contributed by atoms with van der Waals surface area (Å²) in [7, 11) is 0. The molecule has 0 aliphatic heterocycles. The van der Waals surface area contributed by atoms with Gasteiger partial charge in [-0.1, -0.05) is 12.1 Å². The minimum Gasteiger partial charge on any atom is -0.351 e. The number of aromatic amines is 1. The predicted molar refractivity (Wildman–Crippen MR) is 105 cm³/mol. The lowest BCUT2D eigenvalue weighted by Gasteiger charge is -2.70. The Morgan fingerprint density at radius 2 is 1.83 bits per heavy atom. The number of amides is 2. The first-order chi connectivity index (χ1) is 13.9. The van der Waals surface area contributed by atoms with Gasteiger partial charge in [-0.2, -0.15) is 0 Å². The number of rotatable bonds is 5. The average molecular weight is 391 g/mol. The van der Waals surface area contributed by atoms with Crippen molar-refractivity contribution in [3.8, 4) is 0 Å². The normalized spacial score (nSPS) is 26.1. The summed E-state index contributed by atoms with van der Waals surface area (Å²) < 4.78 is 0. The van der Waals surface area contributed by atoms with Crippen molar-refractivity contribution >= 4 is 17.6 Å². The van der Waals surface area contributed by atoms with E-state index in [2.05, 4.69) is 15.6 Å². The molecule has 1 aromatic carbocycles. The van der Waals surface area contributed by atoms with Gasteiger partial charge in [-0.05, 0) is 48.8 Å². The molecule has 7 heteroatoms. The van der Waals surface area contributed by atoms with Crippen molar-refractivity contribution in [3.05, 3.63) is 69.1 Å². The molecule has 3 fully saturated rings. The zero-order valence-electron chi connectivity index (χ0n) is 15.8. The molecule has 6 rings (SSSR count). The molecule has 0 saturated heterocycles. The Morgan fingerprint density at radius 1 is 1.03 bits per heavy atom. The van der Waals surface area contributed by atoms with Crippen molar-refractivity contribution in [2.45, 2.75) is 37.6 Å². The van der Waals surface area contributed by atoms with Crippen molar-refractivity contribution in [2.24, 2.45) is 5.41 Å². The first-order valence-electron chi connectivity index (χ1n) is 9.83. The highest BCUT2D eigenvalue weighted by Crippen LogP contribution is 2.66. The molecule has 2 bridgehead atoms. The number of carbonyl (C=O) groups is 3. The van der Waals surface area contributed by atoms with Crippen molar-refractivity contribution in [1.29, 1.82) is 0 Å². The summed E-state index contributed by atoms with van der Waals surface area (Å²) in [6.45, 7) is 0.562. The lowest BCUT2D eigenvalue weighted by atomic mass is 9.39. The van der Waals surface area contributed by atoms with Gasteiger partial charge in [0.2, 0.25) is 5.56 Å². The maximum absolute atomic E-state index is 12.7. The second kappa shape index (κ2) is 6.14. The monoisotopic (exact) mass is 391 g/mol. The molecule has 0 unspecified atom stereocenters. The van der Waals surface area contributed by atoms with E-state index in [1.54, 1.807) is 24.3 Å². The molecule has 7 nitrogen and oxygen atoms in total. The van der Waals surface area contributed by atoms with Crippen LogP contribution in [0.4, 0.5) is 0 Å². The lowest BCUT2D eigenvalue weighted by Crippen LogP contribution is -2.76. The van der Waals surface area contributed by atoms with Crippen LogP contribution in [-0.2, 0) is 6.42 Å². The van der Waals surface area contributed by atoms with Crippen molar-refractivity contribution in [2.75, 3.05) is 6.54 Å². The number of pyridine rings is 1. The summed E-state index contributed by atoms with van der Waals surface area (Å²) in [5, 5.41) is 6.07. The van der Waals surface area contributed by atoms with Gasteiger partial charge in [-0.15, -0.1) is 0 Å². The molecule has 0 atom stereocenters. The maximum atomic E-state index is 12.7. The Kier molecular flexibility index (Phi) is 3.78. The first kappa shape index (κ1) is 17.8. The Morgan fingerprint density at radius 3 is 2.59 bits per heavy atom. The number of ketones is 1. The summed E-state index contributed by atoms with van der Waals surface area (Å²) >= 11 is 0. The van der Waals surface area contributed by atoms with E-state index in [1.807, 2.05) is 0 Å². The molecule has 29 heavy (non-hydrogen) atoms. The topological polar surface area (TPSA) is 108 Å². The molecule has 4 aliphatic rings. The molecule has 4 aliphatic carbocycles. The van der Waals surface area contributed by atoms with Gasteiger partial charge in [-0.25, -0.2) is 0 Å². The molecule has 1 aromatic heterocycles. The summed E-state index contributed by atoms with van der Waals surface area (Å²) in [4.78, 5) is 50.8. The molecule has 1 heterocycles. The van der Waals surface area contributed by atoms with E-state index in [0.29, 0.717) is 36.1 Å². The summed E-state index contributed by atoms with van der Waals surface area (Å²) in [5.74, 6) is -0.270. The summed E-state index contributed by atoms with van der Waals surface area (Å²) in [5.41, 5.74) is 1.99. The Labute approximate surface area is 166 Å². The fraction of sp³-hybridized carbons (Fsp3) is 0.364. The molecular weight excluding hydrogens is 370 g/mol. The number of fused-ring (bicyclic) bond motifs is 1. The van der Waals surface area contributed by atoms with E-state index in [4.69, 9.17) is 0 Å². The molecule has 2 amide bonds. The van der Waals surface area contributed by atoms with Crippen LogP contribution in [0.1, 0.15) is 62.3 Å². The molecule has 148 valence electrons. The number of benzene rings is 1. The van der Waals surface area contributed by atoms with E-state index in [9.17, 15) is 19.2 Å². The van der Waals surface area contributed by atoms with Crippen LogP contribution in [0.5, 0.6) is 0 Å². The third kappa shape index (κ3) is 2.88. The van der Waals surface area contributed by atoms with Crippen LogP contribution >= 0.6 is 0 Å². The number of carbonyl (C=O) groups excluding carboxylic acids is 3. The largest absolute Gasteiger partial charge is 0.351 e. The highest BCUT2D eigenvalue weighted by Gasteiger charge is 2.68. The van der Waals surface area contributed by atoms with Gasteiger partial charge in [0.1, 0.15) is 0 Å². The minimum atomic E-state index is -0.302. The number of Topliss-reactive ketones (excluding diaryl/α,β-unsaturated/α-hetero) is 1. The van der Waals surface area contributed by atoms with Crippen molar-refractivity contribution in [1.82, 2.24) is 15.6 Å². The van der Waals surface area contributed by atoms with Gasteiger partial charge < -0.3 is 15.6 Å². The average Bonchev–Trinajstić information content (AvgIpc) is 3.03. The van der Waals surface area contributed by atoms with Crippen LogP contribution in [-0.4, -0.2) is 34.7 Å². The maximum Gasteiger partial charge on any atom is 0.251 e. The van der Waals surface area contributed by atoms with Gasteiger partial charge in [-0.3, -0.25) is 19.2 Å². The van der Waals surface area contributed by atoms with E-state index < -0.39 is 0 Å². The Bertz CT molecular complexity index is 1100. The minimum absolute atomic E-state index is 0.0326. The third-order valence-electron chi connectivity index (χ3n) is 6.50. The second-order valence-electron chi connectivity index (χ2n) is 8.64. The summed E-state index contributed by atoms with van der Waals surface area (Å²) in [6, 6.07) is 8.20. The highest BCUT2D eigenvalue weighted by atomic mass is 16.2. The number of hydrogen-bond acceptors (Lipinski definition) is 4. The third-order valence-corrected chi connectivity index (χ3v) is 6.50. The molecule has 0 spiro atoms. The van der Waals surface area contributed by atoms with Gasteiger partial charge in [0.15, 0.2) is 5.78 Å². The SMILES string of the molecule is O=C(NC12CC(CNC(=O)c3cccc4c3CCC4=O)(C1)C2)c1cc[nH]c(=O)c1. The van der Waals surface area contributed by atoms with Gasteiger partial charge in [0.05, 0.1) is 0 Å². The number of H-pyrrole nitrogens is 1. The fourth-order valence-corrected chi connectivity index (χ4v) is 5.28. The Balaban J connectivity index is 1.17. The highest BCUT2D eigenvalue weighted by molar-refractivity contribution is 6.05. The van der Waals surface area contributed by atoms with Crippen LogP contribution in [0.2, 0.25) is 0 Å². The molecule has 2 aromatic rings. The zero-order valence-corrected chi connectivity index (χ0v) is 15.8. The fourth-order valence-electron chi connectivity index (χ4n) is 5.28. The predicted octanol–water partition coefficient (Wildman–Crippen LogP) is 1.59. The van der Waals surface area contributed by atoms with Crippen molar-refractivity contribution < 1.29 is 14.4 Å². The summed E-state index contributed by atoms with van der Waals surface area (Å²) in [6.07, 6.45) is 5.02. The number of hydrogen-bond donors (Lipinski definition) is 3. The van der Waals surface area contributed by atoms with E-state index in [1.165, 1.54) is 12.3 Å².